The number of hydrogen-bond acceptors (Lipinski definition) is 5. The Morgan fingerprint density at radius 1 is 0.786 bits per heavy atom. The van der Waals surface area contributed by atoms with E-state index >= 15 is 0 Å². The SMILES string of the molecule is COc1ccc(-c2cc(O)c3c(=O)cc(-c4ccccc4)oc3c2)cc1OC. The topological polar surface area (TPSA) is 68.9 Å². The molecule has 0 aliphatic rings. The summed E-state index contributed by atoms with van der Waals surface area (Å²) >= 11 is 0. The number of methoxy groups -OCH3 is 2. The molecule has 1 N–H and O–H groups in total. The molecule has 0 unspecified atom stereocenters. The summed E-state index contributed by atoms with van der Waals surface area (Å²) in [5.74, 6) is 1.49. The highest BCUT2D eigenvalue weighted by molar-refractivity contribution is 5.89. The summed E-state index contributed by atoms with van der Waals surface area (Å²) in [7, 11) is 3.13. The Labute approximate surface area is 161 Å². The van der Waals surface area contributed by atoms with Crippen LogP contribution in [0.3, 0.4) is 0 Å². The third-order valence-corrected chi connectivity index (χ3v) is 4.59. The molecule has 140 valence electrons. The maximum Gasteiger partial charge on any atom is 0.197 e. The molecule has 1 aromatic heterocycles. The molecule has 4 aromatic rings. The van der Waals surface area contributed by atoms with Gasteiger partial charge >= 0.3 is 0 Å². The van der Waals surface area contributed by atoms with Crippen LogP contribution in [-0.2, 0) is 0 Å². The molecular weight excluding hydrogens is 356 g/mol. The number of hydrogen-bond donors (Lipinski definition) is 1. The second kappa shape index (κ2) is 7.12. The van der Waals surface area contributed by atoms with Crippen molar-refractivity contribution in [2.45, 2.75) is 0 Å². The maximum atomic E-state index is 12.6. The zero-order valence-electron chi connectivity index (χ0n) is 15.4. The van der Waals surface area contributed by atoms with E-state index in [1.54, 1.807) is 38.5 Å². The number of ether oxygens (including phenoxy) is 2. The third-order valence-electron chi connectivity index (χ3n) is 4.59. The molecule has 0 aliphatic heterocycles. The third kappa shape index (κ3) is 3.07. The van der Waals surface area contributed by atoms with Crippen LogP contribution in [0.1, 0.15) is 0 Å². The minimum atomic E-state index is -0.295. The molecule has 5 nitrogen and oxygen atoms in total. The van der Waals surface area contributed by atoms with Crippen molar-refractivity contribution in [2.24, 2.45) is 0 Å². The van der Waals surface area contributed by atoms with Gasteiger partial charge in [0.2, 0.25) is 0 Å². The van der Waals surface area contributed by atoms with E-state index in [1.165, 1.54) is 6.07 Å². The van der Waals surface area contributed by atoms with E-state index in [0.29, 0.717) is 28.4 Å². The van der Waals surface area contributed by atoms with Gasteiger partial charge in [0, 0.05) is 11.6 Å². The standard InChI is InChI=1S/C23H18O5/c1-26-19-9-8-15(11-21(19)27-2)16-10-17(24)23-18(25)13-20(28-22(23)12-16)14-6-4-3-5-7-14/h3-13,24H,1-2H3. The van der Waals surface area contributed by atoms with Crippen molar-refractivity contribution in [2.75, 3.05) is 14.2 Å². The van der Waals surface area contributed by atoms with Gasteiger partial charge in [-0.2, -0.15) is 0 Å². The molecule has 1 heterocycles. The Morgan fingerprint density at radius 2 is 1.54 bits per heavy atom. The van der Waals surface area contributed by atoms with E-state index in [9.17, 15) is 9.90 Å². The zero-order valence-corrected chi connectivity index (χ0v) is 15.4. The Hall–Kier alpha value is -3.73. The normalized spacial score (nSPS) is 10.8. The van der Waals surface area contributed by atoms with Gasteiger partial charge in [0.25, 0.3) is 0 Å². The first-order valence-electron chi connectivity index (χ1n) is 8.69. The fourth-order valence-electron chi connectivity index (χ4n) is 3.20. The number of phenolic OH excluding ortho intramolecular Hbond substituents is 1. The largest absolute Gasteiger partial charge is 0.507 e. The molecule has 0 saturated carbocycles. The minimum absolute atomic E-state index is 0.129. The summed E-state index contributed by atoms with van der Waals surface area (Å²) in [6.07, 6.45) is 0. The van der Waals surface area contributed by atoms with Gasteiger partial charge in [-0.3, -0.25) is 4.79 Å². The molecular formula is C23H18O5. The van der Waals surface area contributed by atoms with Crippen molar-refractivity contribution < 1.29 is 19.0 Å². The molecule has 0 saturated heterocycles. The molecule has 28 heavy (non-hydrogen) atoms. The Bertz CT molecular complexity index is 1210. The number of fused-ring (bicyclic) bond motifs is 1. The molecule has 0 spiro atoms. The van der Waals surface area contributed by atoms with E-state index in [4.69, 9.17) is 13.9 Å². The van der Waals surface area contributed by atoms with Crippen LogP contribution in [0, 0.1) is 0 Å². The fourth-order valence-corrected chi connectivity index (χ4v) is 3.20. The summed E-state index contributed by atoms with van der Waals surface area (Å²) in [6.45, 7) is 0. The van der Waals surface area contributed by atoms with E-state index in [-0.39, 0.29) is 16.6 Å². The van der Waals surface area contributed by atoms with E-state index in [2.05, 4.69) is 0 Å². The summed E-state index contributed by atoms with van der Waals surface area (Å²) in [6, 6.07) is 19.5. The lowest BCUT2D eigenvalue weighted by molar-refractivity contribution is 0.355. The number of aromatic hydroxyl groups is 1. The lowest BCUT2D eigenvalue weighted by Gasteiger charge is -2.11. The summed E-state index contributed by atoms with van der Waals surface area (Å²) in [5.41, 5.74) is 2.30. The van der Waals surface area contributed by atoms with Gasteiger partial charge in [-0.05, 0) is 35.4 Å². The molecule has 0 atom stereocenters. The van der Waals surface area contributed by atoms with Crippen LogP contribution in [0.5, 0.6) is 17.2 Å². The molecule has 4 rings (SSSR count). The van der Waals surface area contributed by atoms with Crippen molar-refractivity contribution in [3.8, 4) is 39.7 Å². The fraction of sp³-hybridized carbons (Fsp3) is 0.0870. The zero-order chi connectivity index (χ0) is 19.7. The highest BCUT2D eigenvalue weighted by atomic mass is 16.5. The molecule has 0 bridgehead atoms. The lowest BCUT2D eigenvalue weighted by atomic mass is 10.0. The van der Waals surface area contributed by atoms with Crippen molar-refractivity contribution in [1.29, 1.82) is 0 Å². The second-order valence-electron chi connectivity index (χ2n) is 6.28. The Morgan fingerprint density at radius 3 is 2.25 bits per heavy atom. The van der Waals surface area contributed by atoms with Crippen molar-refractivity contribution >= 4 is 11.0 Å². The molecule has 3 aromatic carbocycles. The molecule has 0 aliphatic carbocycles. The molecule has 0 fully saturated rings. The number of benzene rings is 3. The Kier molecular flexibility index (Phi) is 4.49. The predicted octanol–water partition coefficient (Wildman–Crippen LogP) is 4.85. The summed E-state index contributed by atoms with van der Waals surface area (Å²) in [5, 5.41) is 10.6. The van der Waals surface area contributed by atoms with Crippen LogP contribution < -0.4 is 14.9 Å². The van der Waals surface area contributed by atoms with Gasteiger partial charge in [-0.1, -0.05) is 36.4 Å². The predicted molar refractivity (Wildman–Crippen MR) is 108 cm³/mol. The average Bonchev–Trinajstić information content (AvgIpc) is 2.73. The van der Waals surface area contributed by atoms with E-state index in [1.807, 2.05) is 36.4 Å². The summed E-state index contributed by atoms with van der Waals surface area (Å²) < 4.78 is 16.6. The highest BCUT2D eigenvalue weighted by Gasteiger charge is 2.14. The van der Waals surface area contributed by atoms with Gasteiger partial charge in [0.15, 0.2) is 16.9 Å². The van der Waals surface area contributed by atoms with Crippen LogP contribution in [0.25, 0.3) is 33.4 Å². The van der Waals surface area contributed by atoms with Gasteiger partial charge in [0.1, 0.15) is 22.5 Å². The van der Waals surface area contributed by atoms with Crippen molar-refractivity contribution in [3.63, 3.8) is 0 Å². The second-order valence-corrected chi connectivity index (χ2v) is 6.28. The molecule has 0 amide bonds. The first kappa shape index (κ1) is 17.7. The first-order valence-corrected chi connectivity index (χ1v) is 8.69. The number of rotatable bonds is 4. The van der Waals surface area contributed by atoms with Crippen molar-refractivity contribution in [1.82, 2.24) is 0 Å². The van der Waals surface area contributed by atoms with E-state index in [0.717, 1.165) is 11.1 Å². The van der Waals surface area contributed by atoms with Crippen LogP contribution >= 0.6 is 0 Å². The van der Waals surface area contributed by atoms with Crippen molar-refractivity contribution in [3.05, 3.63) is 77.0 Å². The molecule has 0 radical (unpaired) electrons. The van der Waals surface area contributed by atoms with Crippen LogP contribution in [0.15, 0.2) is 75.9 Å². The monoisotopic (exact) mass is 374 g/mol. The summed E-state index contributed by atoms with van der Waals surface area (Å²) in [4.78, 5) is 12.6. The molecule has 5 heteroatoms. The van der Waals surface area contributed by atoms with Crippen LogP contribution in [-0.4, -0.2) is 19.3 Å². The highest BCUT2D eigenvalue weighted by Crippen LogP contribution is 2.36. The maximum absolute atomic E-state index is 12.6. The van der Waals surface area contributed by atoms with Gasteiger partial charge in [0.05, 0.1) is 14.2 Å². The smallest absolute Gasteiger partial charge is 0.197 e. The van der Waals surface area contributed by atoms with Gasteiger partial charge in [-0.15, -0.1) is 0 Å². The Balaban J connectivity index is 1.91. The lowest BCUT2D eigenvalue weighted by Crippen LogP contribution is -2.01. The van der Waals surface area contributed by atoms with E-state index < -0.39 is 0 Å². The first-order chi connectivity index (χ1) is 13.6. The average molecular weight is 374 g/mol. The minimum Gasteiger partial charge on any atom is -0.507 e. The van der Waals surface area contributed by atoms with Gasteiger partial charge < -0.3 is 19.0 Å². The van der Waals surface area contributed by atoms with Crippen LogP contribution in [0.2, 0.25) is 0 Å². The van der Waals surface area contributed by atoms with Crippen LogP contribution in [0.4, 0.5) is 0 Å². The number of phenols is 1. The quantitative estimate of drug-likeness (QED) is 0.553. The van der Waals surface area contributed by atoms with Gasteiger partial charge in [-0.25, -0.2) is 0 Å².